The first-order chi connectivity index (χ1) is 11.9. The average Bonchev–Trinajstić information content (AvgIpc) is 2.69. The van der Waals surface area contributed by atoms with Crippen LogP contribution in [-0.4, -0.2) is 15.0 Å². The molecular weight excluding hydrogens is 294 g/mol. The molecule has 114 valence electrons. The van der Waals surface area contributed by atoms with Crippen LogP contribution in [0.25, 0.3) is 33.6 Å². The van der Waals surface area contributed by atoms with Crippen molar-refractivity contribution >= 4 is 0 Å². The Morgan fingerprint density at radius 2 is 0.958 bits per heavy atom. The van der Waals surface area contributed by atoms with E-state index in [1.165, 1.54) is 29.3 Å². The summed E-state index contributed by atoms with van der Waals surface area (Å²) in [6.07, 6.45) is 3.06. The molecule has 0 bridgehead atoms. The number of nitrogens with zero attached hydrogens (tertiary/aromatic N) is 3. The first-order valence-corrected chi connectivity index (χ1v) is 7.80. The van der Waals surface area contributed by atoms with Crippen molar-refractivity contribution in [2.75, 3.05) is 0 Å². The van der Waals surface area contributed by atoms with Gasteiger partial charge in [0.15, 0.2) is 5.82 Å². The second-order valence-electron chi connectivity index (χ2n) is 5.42. The normalized spacial score (nSPS) is 10.5. The lowest BCUT2D eigenvalue weighted by Gasteiger charge is -2.13. The predicted molar refractivity (Wildman–Crippen MR) is 96.1 cm³/mol. The van der Waals surface area contributed by atoms with Gasteiger partial charge in [-0.2, -0.15) is 0 Å². The molecule has 0 atom stereocenters. The molecule has 0 N–H and O–H groups in total. The van der Waals surface area contributed by atoms with Gasteiger partial charge in [0.05, 0.1) is 0 Å². The van der Waals surface area contributed by atoms with Crippen molar-refractivity contribution in [2.45, 2.75) is 0 Å². The van der Waals surface area contributed by atoms with Gasteiger partial charge in [-0.15, -0.1) is 0 Å². The number of hydrogen-bond acceptors (Lipinski definition) is 3. The Morgan fingerprint density at radius 3 is 1.62 bits per heavy atom. The molecule has 3 nitrogen and oxygen atoms in total. The minimum Gasteiger partial charge on any atom is -0.225 e. The van der Waals surface area contributed by atoms with Gasteiger partial charge in [0.25, 0.3) is 0 Å². The zero-order valence-electron chi connectivity index (χ0n) is 13.0. The fraction of sp³-hybridized carbons (Fsp3) is 0. The van der Waals surface area contributed by atoms with Gasteiger partial charge >= 0.3 is 0 Å². The van der Waals surface area contributed by atoms with E-state index in [2.05, 4.69) is 69.5 Å². The monoisotopic (exact) mass is 309 g/mol. The molecular formula is C21H15N3. The predicted octanol–water partition coefficient (Wildman–Crippen LogP) is 4.87. The molecule has 0 saturated carbocycles. The zero-order chi connectivity index (χ0) is 16.2. The Balaban J connectivity index is 1.93. The minimum atomic E-state index is 0.684. The minimum absolute atomic E-state index is 0.684. The molecule has 0 saturated heterocycles. The number of hydrogen-bond donors (Lipinski definition) is 0. The van der Waals surface area contributed by atoms with E-state index in [1.807, 2.05) is 24.3 Å². The van der Waals surface area contributed by atoms with E-state index in [-0.39, 0.29) is 0 Å². The summed E-state index contributed by atoms with van der Waals surface area (Å²) in [6, 6.07) is 27.0. The summed E-state index contributed by atoms with van der Waals surface area (Å²) in [5.41, 5.74) is 5.67. The zero-order valence-corrected chi connectivity index (χ0v) is 13.0. The molecule has 3 aromatic carbocycles. The van der Waals surface area contributed by atoms with Crippen LogP contribution in [0.15, 0.2) is 91.5 Å². The van der Waals surface area contributed by atoms with Crippen LogP contribution in [0.3, 0.4) is 0 Å². The Kier molecular flexibility index (Phi) is 3.82. The molecule has 1 heterocycles. The molecule has 0 aliphatic carbocycles. The van der Waals surface area contributed by atoms with Crippen LogP contribution in [0.5, 0.6) is 0 Å². The lowest BCUT2D eigenvalue weighted by molar-refractivity contribution is 1.06. The first-order valence-electron chi connectivity index (χ1n) is 7.80. The highest BCUT2D eigenvalue weighted by molar-refractivity contribution is 5.90. The van der Waals surface area contributed by atoms with Gasteiger partial charge in [-0.3, -0.25) is 0 Å². The van der Waals surface area contributed by atoms with Gasteiger partial charge < -0.3 is 0 Å². The summed E-state index contributed by atoms with van der Waals surface area (Å²) in [6.45, 7) is 0. The van der Waals surface area contributed by atoms with Crippen molar-refractivity contribution in [2.24, 2.45) is 0 Å². The van der Waals surface area contributed by atoms with Gasteiger partial charge in [-0.25, -0.2) is 15.0 Å². The summed E-state index contributed by atoms with van der Waals surface area (Å²) in [4.78, 5) is 12.5. The molecule has 0 radical (unpaired) electrons. The van der Waals surface area contributed by atoms with Crippen molar-refractivity contribution in [3.05, 3.63) is 91.5 Å². The summed E-state index contributed by atoms with van der Waals surface area (Å²) < 4.78 is 0. The van der Waals surface area contributed by atoms with E-state index >= 15 is 0 Å². The molecule has 1 aromatic heterocycles. The highest BCUT2D eigenvalue weighted by Crippen LogP contribution is 2.36. The highest BCUT2D eigenvalue weighted by atomic mass is 15.0. The van der Waals surface area contributed by atoms with Gasteiger partial charge in [0.2, 0.25) is 0 Å². The third-order valence-corrected chi connectivity index (χ3v) is 3.96. The lowest BCUT2D eigenvalue weighted by atomic mass is 9.91. The van der Waals surface area contributed by atoms with Crippen LogP contribution < -0.4 is 0 Å². The van der Waals surface area contributed by atoms with Crippen molar-refractivity contribution in [3.63, 3.8) is 0 Å². The number of benzene rings is 3. The van der Waals surface area contributed by atoms with Gasteiger partial charge in [-0.1, -0.05) is 78.9 Å². The van der Waals surface area contributed by atoms with Gasteiger partial charge in [-0.05, 0) is 22.3 Å². The second-order valence-corrected chi connectivity index (χ2v) is 5.42. The van der Waals surface area contributed by atoms with Crippen LogP contribution in [0.2, 0.25) is 0 Å². The van der Waals surface area contributed by atoms with Crippen LogP contribution in [-0.2, 0) is 0 Å². The molecule has 24 heavy (non-hydrogen) atoms. The molecule has 0 fully saturated rings. The van der Waals surface area contributed by atoms with Gasteiger partial charge in [0.1, 0.15) is 12.7 Å². The third-order valence-electron chi connectivity index (χ3n) is 3.96. The van der Waals surface area contributed by atoms with Crippen molar-refractivity contribution < 1.29 is 0 Å². The topological polar surface area (TPSA) is 38.7 Å². The van der Waals surface area contributed by atoms with E-state index in [0.29, 0.717) is 5.82 Å². The molecule has 0 aliphatic rings. The van der Waals surface area contributed by atoms with E-state index in [9.17, 15) is 0 Å². The average molecular weight is 309 g/mol. The van der Waals surface area contributed by atoms with Crippen molar-refractivity contribution in [1.29, 1.82) is 0 Å². The van der Waals surface area contributed by atoms with E-state index in [0.717, 1.165) is 11.1 Å². The van der Waals surface area contributed by atoms with Crippen LogP contribution in [0.1, 0.15) is 0 Å². The Morgan fingerprint density at radius 1 is 0.458 bits per heavy atom. The quantitative estimate of drug-likeness (QED) is 0.542. The van der Waals surface area contributed by atoms with Gasteiger partial charge in [0, 0.05) is 5.56 Å². The van der Waals surface area contributed by atoms with Crippen molar-refractivity contribution in [3.8, 4) is 33.6 Å². The fourth-order valence-corrected chi connectivity index (χ4v) is 2.88. The van der Waals surface area contributed by atoms with E-state index in [1.54, 1.807) is 0 Å². The molecule has 0 unspecified atom stereocenters. The first kappa shape index (κ1) is 14.3. The smallest absolute Gasteiger partial charge is 0.163 e. The van der Waals surface area contributed by atoms with E-state index < -0.39 is 0 Å². The van der Waals surface area contributed by atoms with Crippen molar-refractivity contribution in [1.82, 2.24) is 15.0 Å². The Hall–Kier alpha value is -3.33. The van der Waals surface area contributed by atoms with Crippen LogP contribution in [0.4, 0.5) is 0 Å². The fourth-order valence-electron chi connectivity index (χ4n) is 2.88. The third kappa shape index (κ3) is 2.68. The molecule has 0 aliphatic heterocycles. The standard InChI is InChI=1S/C21H15N3/c1-2-8-16(9-3-1)17-10-4-5-11-18(17)19-12-6-7-13-20(19)21-23-14-22-15-24-21/h1-15H. The van der Waals surface area contributed by atoms with E-state index in [4.69, 9.17) is 0 Å². The maximum Gasteiger partial charge on any atom is 0.163 e. The molecule has 0 spiro atoms. The number of aromatic nitrogens is 3. The maximum absolute atomic E-state index is 4.32. The Bertz CT molecular complexity index is 870. The summed E-state index contributed by atoms with van der Waals surface area (Å²) >= 11 is 0. The Labute approximate surface area is 140 Å². The number of rotatable bonds is 3. The molecule has 4 rings (SSSR count). The SMILES string of the molecule is c1ccc(-c2ccccc2-c2ccccc2-c2ncncn2)cc1. The van der Waals surface area contributed by atoms with Crippen LogP contribution >= 0.6 is 0 Å². The summed E-state index contributed by atoms with van der Waals surface area (Å²) in [7, 11) is 0. The largest absolute Gasteiger partial charge is 0.225 e. The lowest BCUT2D eigenvalue weighted by Crippen LogP contribution is -1.93. The van der Waals surface area contributed by atoms with Crippen LogP contribution in [0, 0.1) is 0 Å². The summed E-state index contributed by atoms with van der Waals surface area (Å²) in [5, 5.41) is 0. The highest BCUT2D eigenvalue weighted by Gasteiger charge is 2.12. The molecule has 0 amide bonds. The summed E-state index contributed by atoms with van der Waals surface area (Å²) in [5.74, 6) is 0.684. The molecule has 3 heteroatoms. The second kappa shape index (κ2) is 6.42. The molecule has 4 aromatic rings. The maximum atomic E-state index is 4.32.